The first-order valence-electron chi connectivity index (χ1n) is 6.99. The zero-order valence-corrected chi connectivity index (χ0v) is 12.4. The fourth-order valence-corrected chi connectivity index (χ4v) is 2.24. The minimum Gasteiger partial charge on any atom is -0.395 e. The van der Waals surface area contributed by atoms with Crippen molar-refractivity contribution >= 4 is 22.8 Å². The Balaban J connectivity index is 2.01. The second kappa shape index (κ2) is 5.61. The maximum absolute atomic E-state index is 12.1. The quantitative estimate of drug-likeness (QED) is 0.678. The van der Waals surface area contributed by atoms with Gasteiger partial charge in [0.15, 0.2) is 11.2 Å². The van der Waals surface area contributed by atoms with Crippen LogP contribution in [0.4, 0.5) is 11.6 Å². The lowest BCUT2D eigenvalue weighted by Crippen LogP contribution is -2.13. The monoisotopic (exact) mass is 299 g/mol. The number of anilines is 2. The van der Waals surface area contributed by atoms with Crippen molar-refractivity contribution in [2.45, 2.75) is 20.4 Å². The first-order chi connectivity index (χ1) is 10.6. The Kier molecular flexibility index (Phi) is 3.64. The van der Waals surface area contributed by atoms with E-state index < -0.39 is 0 Å². The van der Waals surface area contributed by atoms with Gasteiger partial charge >= 0.3 is 0 Å². The van der Waals surface area contributed by atoms with E-state index in [1.807, 2.05) is 32.0 Å². The Bertz CT molecular complexity index is 881. The number of imidazole rings is 1. The molecule has 3 aromatic rings. The second-order valence-electron chi connectivity index (χ2n) is 5.17. The first-order valence-corrected chi connectivity index (χ1v) is 6.99. The number of aromatic amines is 1. The summed E-state index contributed by atoms with van der Waals surface area (Å²) < 4.78 is 1.65. The molecule has 0 aliphatic heterocycles. The highest BCUT2D eigenvalue weighted by atomic mass is 16.3. The maximum atomic E-state index is 12.1. The van der Waals surface area contributed by atoms with Crippen LogP contribution in [0.1, 0.15) is 11.1 Å². The molecule has 7 heteroatoms. The molecule has 3 rings (SSSR count). The van der Waals surface area contributed by atoms with E-state index in [9.17, 15) is 4.79 Å². The first kappa shape index (κ1) is 14.3. The van der Waals surface area contributed by atoms with Gasteiger partial charge in [-0.3, -0.25) is 9.78 Å². The second-order valence-corrected chi connectivity index (χ2v) is 5.17. The number of benzene rings is 1. The van der Waals surface area contributed by atoms with Gasteiger partial charge in [0.1, 0.15) is 0 Å². The Labute approximate surface area is 126 Å². The molecule has 0 radical (unpaired) electrons. The minimum absolute atomic E-state index is 0.0418. The Morgan fingerprint density at radius 1 is 1.32 bits per heavy atom. The van der Waals surface area contributed by atoms with Gasteiger partial charge in [0.25, 0.3) is 5.56 Å². The minimum atomic E-state index is -0.312. The summed E-state index contributed by atoms with van der Waals surface area (Å²) >= 11 is 0. The zero-order chi connectivity index (χ0) is 15.7. The molecule has 0 fully saturated rings. The van der Waals surface area contributed by atoms with Gasteiger partial charge in [-0.15, -0.1) is 0 Å². The van der Waals surface area contributed by atoms with Crippen LogP contribution in [-0.2, 0) is 6.54 Å². The number of aliphatic hydroxyl groups is 1. The molecule has 0 spiro atoms. The third-order valence-electron chi connectivity index (χ3n) is 3.59. The molecule has 1 aromatic carbocycles. The lowest BCUT2D eigenvalue weighted by molar-refractivity contribution is 0.277. The Morgan fingerprint density at radius 2 is 2.14 bits per heavy atom. The van der Waals surface area contributed by atoms with Gasteiger partial charge in [-0.05, 0) is 37.1 Å². The fraction of sp³-hybridized carbons (Fsp3) is 0.267. The molecule has 0 aliphatic rings. The highest BCUT2D eigenvalue weighted by Crippen LogP contribution is 2.17. The summed E-state index contributed by atoms with van der Waals surface area (Å²) in [6.07, 6.45) is 1.50. The highest BCUT2D eigenvalue weighted by Gasteiger charge is 2.10. The van der Waals surface area contributed by atoms with Crippen molar-refractivity contribution in [2.24, 2.45) is 0 Å². The van der Waals surface area contributed by atoms with Crippen LogP contribution < -0.4 is 10.9 Å². The number of hydrogen-bond donors (Lipinski definition) is 3. The number of aromatic nitrogens is 4. The summed E-state index contributed by atoms with van der Waals surface area (Å²) in [5, 5.41) is 12.1. The molecule has 0 aliphatic carbocycles. The number of fused-ring (bicyclic) bond motifs is 1. The lowest BCUT2D eigenvalue weighted by Gasteiger charge is -2.08. The fourth-order valence-electron chi connectivity index (χ4n) is 2.24. The Morgan fingerprint density at radius 3 is 2.86 bits per heavy atom. The molecule has 2 heterocycles. The number of nitrogens with zero attached hydrogens (tertiary/aromatic N) is 3. The van der Waals surface area contributed by atoms with E-state index >= 15 is 0 Å². The average molecular weight is 299 g/mol. The van der Waals surface area contributed by atoms with Crippen LogP contribution in [0.2, 0.25) is 0 Å². The van der Waals surface area contributed by atoms with Crippen LogP contribution >= 0.6 is 0 Å². The van der Waals surface area contributed by atoms with Gasteiger partial charge in [-0.25, -0.2) is 4.98 Å². The molecule has 2 aromatic heterocycles. The number of H-pyrrole nitrogens is 1. The normalized spacial score (nSPS) is 11.0. The van der Waals surface area contributed by atoms with Crippen molar-refractivity contribution in [1.82, 2.24) is 19.5 Å². The van der Waals surface area contributed by atoms with Crippen molar-refractivity contribution in [3.05, 3.63) is 46.0 Å². The summed E-state index contributed by atoms with van der Waals surface area (Å²) in [5.74, 6) is 0.348. The van der Waals surface area contributed by atoms with Crippen molar-refractivity contribution < 1.29 is 5.11 Å². The molecule has 0 saturated carbocycles. The van der Waals surface area contributed by atoms with E-state index in [2.05, 4.69) is 20.3 Å². The van der Waals surface area contributed by atoms with Gasteiger partial charge < -0.3 is 15.0 Å². The van der Waals surface area contributed by atoms with Crippen LogP contribution in [0.5, 0.6) is 0 Å². The van der Waals surface area contributed by atoms with Gasteiger partial charge in [-0.2, -0.15) is 4.98 Å². The molecular formula is C15H17N5O2. The van der Waals surface area contributed by atoms with Crippen LogP contribution in [0.15, 0.2) is 29.3 Å². The number of aliphatic hydroxyl groups excluding tert-OH is 1. The van der Waals surface area contributed by atoms with Crippen LogP contribution in [0.25, 0.3) is 11.2 Å². The summed E-state index contributed by atoms with van der Waals surface area (Å²) in [5.41, 5.74) is 3.59. The Hall–Kier alpha value is -2.67. The molecule has 0 saturated heterocycles. The van der Waals surface area contributed by atoms with E-state index in [4.69, 9.17) is 5.11 Å². The SMILES string of the molecule is Cc1ccc(Nc2nc3c(ncn3CCO)c(=O)[nH]2)cc1C. The van der Waals surface area contributed by atoms with Crippen molar-refractivity contribution in [2.75, 3.05) is 11.9 Å². The molecule has 0 bridgehead atoms. The van der Waals surface area contributed by atoms with E-state index in [1.54, 1.807) is 4.57 Å². The smallest absolute Gasteiger partial charge is 0.280 e. The third kappa shape index (κ3) is 2.58. The average Bonchev–Trinajstić information content (AvgIpc) is 2.87. The third-order valence-corrected chi connectivity index (χ3v) is 3.59. The van der Waals surface area contributed by atoms with Crippen LogP contribution in [0.3, 0.4) is 0 Å². The van der Waals surface area contributed by atoms with E-state index in [0.29, 0.717) is 18.1 Å². The largest absolute Gasteiger partial charge is 0.395 e. The highest BCUT2D eigenvalue weighted by molar-refractivity contribution is 5.71. The molecular weight excluding hydrogens is 282 g/mol. The molecule has 7 nitrogen and oxygen atoms in total. The van der Waals surface area contributed by atoms with E-state index in [0.717, 1.165) is 11.3 Å². The molecule has 0 amide bonds. The van der Waals surface area contributed by atoms with Crippen LogP contribution in [0, 0.1) is 13.8 Å². The van der Waals surface area contributed by atoms with Crippen LogP contribution in [-0.4, -0.2) is 31.2 Å². The summed E-state index contributed by atoms with van der Waals surface area (Å²) in [6, 6.07) is 5.92. The predicted molar refractivity (Wildman–Crippen MR) is 84.4 cm³/mol. The summed E-state index contributed by atoms with van der Waals surface area (Å²) in [7, 11) is 0. The summed E-state index contributed by atoms with van der Waals surface area (Å²) in [4.78, 5) is 23.1. The standard InChI is InChI=1S/C15H17N5O2/c1-9-3-4-11(7-10(9)2)17-15-18-13-12(14(22)19-15)16-8-20(13)5-6-21/h3-4,7-8,21H,5-6H2,1-2H3,(H2,17,18,19,22). The zero-order valence-electron chi connectivity index (χ0n) is 12.4. The number of hydrogen-bond acceptors (Lipinski definition) is 5. The van der Waals surface area contributed by atoms with Crippen molar-refractivity contribution in [3.63, 3.8) is 0 Å². The topological polar surface area (TPSA) is 95.8 Å². The van der Waals surface area contributed by atoms with Gasteiger partial charge in [0, 0.05) is 12.2 Å². The van der Waals surface area contributed by atoms with Gasteiger partial charge in [0.2, 0.25) is 5.95 Å². The van der Waals surface area contributed by atoms with E-state index in [-0.39, 0.29) is 17.7 Å². The number of nitrogens with one attached hydrogen (secondary N) is 2. The molecule has 3 N–H and O–H groups in total. The number of aryl methyl sites for hydroxylation is 2. The van der Waals surface area contributed by atoms with Gasteiger partial charge in [0.05, 0.1) is 12.9 Å². The molecule has 114 valence electrons. The lowest BCUT2D eigenvalue weighted by atomic mass is 10.1. The molecule has 0 unspecified atom stereocenters. The van der Waals surface area contributed by atoms with Crippen molar-refractivity contribution in [1.29, 1.82) is 0 Å². The number of rotatable bonds is 4. The van der Waals surface area contributed by atoms with Gasteiger partial charge in [-0.1, -0.05) is 6.07 Å². The molecule has 22 heavy (non-hydrogen) atoms. The van der Waals surface area contributed by atoms with E-state index in [1.165, 1.54) is 11.9 Å². The predicted octanol–water partition coefficient (Wildman–Crippen LogP) is 1.47. The summed E-state index contributed by atoms with van der Waals surface area (Å²) in [6.45, 7) is 4.37. The maximum Gasteiger partial charge on any atom is 0.280 e. The van der Waals surface area contributed by atoms with Crippen molar-refractivity contribution in [3.8, 4) is 0 Å². The molecule has 0 atom stereocenters.